The molecule has 2 unspecified atom stereocenters. The molecule has 0 aromatic carbocycles. The third-order valence-electron chi connectivity index (χ3n) is 4.83. The highest BCUT2D eigenvalue weighted by Crippen LogP contribution is 2.40. The molecule has 0 saturated carbocycles. The average Bonchev–Trinajstić information content (AvgIpc) is 2.35. The number of aliphatic hydroxyl groups is 1. The Morgan fingerprint density at radius 2 is 1.61 bits per heavy atom. The van der Waals surface area contributed by atoms with Gasteiger partial charge < -0.3 is 19.3 Å². The van der Waals surface area contributed by atoms with Crippen molar-refractivity contribution < 1.29 is 19.3 Å². The van der Waals surface area contributed by atoms with Crippen LogP contribution in [0, 0.1) is 10.8 Å². The normalized spacial score (nSPS) is 33.7. The van der Waals surface area contributed by atoms with Crippen molar-refractivity contribution in [2.45, 2.75) is 84.5 Å². The van der Waals surface area contributed by atoms with Crippen molar-refractivity contribution in [3.63, 3.8) is 0 Å². The molecule has 23 heavy (non-hydrogen) atoms. The zero-order valence-corrected chi connectivity index (χ0v) is 15.7. The number of hydrogen-bond acceptors (Lipinski definition) is 4. The molecule has 2 heterocycles. The minimum atomic E-state index is -0.582. The number of ether oxygens (including phenoxy) is 3. The van der Waals surface area contributed by atoms with Gasteiger partial charge in [0.25, 0.3) is 0 Å². The van der Waals surface area contributed by atoms with E-state index in [1.807, 2.05) is 0 Å². The first-order chi connectivity index (χ1) is 10.6. The predicted octanol–water partition coefficient (Wildman–Crippen LogP) is 3.55. The third kappa shape index (κ3) is 6.69. The molecule has 2 rings (SSSR count). The summed E-state index contributed by atoms with van der Waals surface area (Å²) in [5, 5.41) is 11.0. The van der Waals surface area contributed by atoms with Gasteiger partial charge in [-0.15, -0.1) is 0 Å². The summed E-state index contributed by atoms with van der Waals surface area (Å²) in [7, 11) is 0. The van der Waals surface area contributed by atoms with Gasteiger partial charge in [-0.2, -0.15) is 0 Å². The molecule has 2 aliphatic heterocycles. The maximum absolute atomic E-state index is 11.0. The molecular weight excluding hydrogens is 292 g/mol. The van der Waals surface area contributed by atoms with Gasteiger partial charge >= 0.3 is 0 Å². The lowest BCUT2D eigenvalue weighted by atomic mass is 9.73. The van der Waals surface area contributed by atoms with Crippen LogP contribution in [0.15, 0.2) is 0 Å². The van der Waals surface area contributed by atoms with E-state index in [0.29, 0.717) is 26.4 Å². The van der Waals surface area contributed by atoms with E-state index >= 15 is 0 Å². The Morgan fingerprint density at radius 3 is 2.22 bits per heavy atom. The average molecular weight is 328 g/mol. The van der Waals surface area contributed by atoms with Gasteiger partial charge in [0.15, 0.2) is 0 Å². The summed E-state index contributed by atoms with van der Waals surface area (Å²) in [4.78, 5) is 0. The van der Waals surface area contributed by atoms with Gasteiger partial charge in [-0.1, -0.05) is 34.6 Å². The highest BCUT2D eigenvalue weighted by Gasteiger charge is 2.40. The van der Waals surface area contributed by atoms with Crippen molar-refractivity contribution in [3.8, 4) is 0 Å². The summed E-state index contributed by atoms with van der Waals surface area (Å²) in [5.74, 6) is 0. The van der Waals surface area contributed by atoms with Gasteiger partial charge in [-0.25, -0.2) is 0 Å². The molecule has 3 atom stereocenters. The van der Waals surface area contributed by atoms with Crippen LogP contribution >= 0.6 is 0 Å². The lowest BCUT2D eigenvalue weighted by Crippen LogP contribution is -2.45. The summed E-state index contributed by atoms with van der Waals surface area (Å²) in [6.45, 7) is 13.9. The molecule has 0 spiro atoms. The van der Waals surface area contributed by atoms with E-state index < -0.39 is 5.60 Å². The van der Waals surface area contributed by atoms with Crippen LogP contribution in [0.2, 0.25) is 0 Å². The van der Waals surface area contributed by atoms with Crippen LogP contribution in [0.3, 0.4) is 0 Å². The van der Waals surface area contributed by atoms with Gasteiger partial charge in [0.2, 0.25) is 0 Å². The summed E-state index contributed by atoms with van der Waals surface area (Å²) in [6, 6.07) is 0. The van der Waals surface area contributed by atoms with Crippen molar-refractivity contribution in [2.24, 2.45) is 10.8 Å². The van der Waals surface area contributed by atoms with Crippen molar-refractivity contribution in [3.05, 3.63) is 0 Å². The smallest absolute Gasteiger partial charge is 0.0814 e. The maximum Gasteiger partial charge on any atom is 0.0814 e. The Bertz CT molecular complexity index is 368. The molecule has 4 heteroatoms. The molecule has 0 aliphatic carbocycles. The van der Waals surface area contributed by atoms with Crippen LogP contribution in [-0.2, 0) is 14.2 Å². The fourth-order valence-electron chi connectivity index (χ4n) is 4.25. The van der Waals surface area contributed by atoms with E-state index in [2.05, 4.69) is 34.6 Å². The molecular formula is C19H36O4. The monoisotopic (exact) mass is 328 g/mol. The minimum absolute atomic E-state index is 0.121. The van der Waals surface area contributed by atoms with Crippen LogP contribution in [-0.4, -0.2) is 49.3 Å². The van der Waals surface area contributed by atoms with Gasteiger partial charge in [-0.3, -0.25) is 0 Å². The second-order valence-corrected chi connectivity index (χ2v) is 9.55. The Labute approximate surface area is 141 Å². The Balaban J connectivity index is 1.87. The Hall–Kier alpha value is -0.160. The quantitative estimate of drug-likeness (QED) is 0.838. The van der Waals surface area contributed by atoms with E-state index in [1.54, 1.807) is 0 Å². The van der Waals surface area contributed by atoms with Crippen LogP contribution in [0.4, 0.5) is 0 Å². The second kappa shape index (κ2) is 7.38. The molecule has 1 N–H and O–H groups in total. The Morgan fingerprint density at radius 1 is 0.957 bits per heavy atom. The Kier molecular flexibility index (Phi) is 6.15. The molecule has 136 valence electrons. The third-order valence-corrected chi connectivity index (χ3v) is 4.83. The van der Waals surface area contributed by atoms with Crippen LogP contribution in [0.25, 0.3) is 0 Å². The SMILES string of the molecule is CC(C)(C)CC1(O)CCOC(CC(C)(C)C[C@@H]2COCCO2)C1. The zero-order chi connectivity index (χ0) is 17.1. The first-order valence-corrected chi connectivity index (χ1v) is 9.10. The predicted molar refractivity (Wildman–Crippen MR) is 91.6 cm³/mol. The highest BCUT2D eigenvalue weighted by molar-refractivity contribution is 4.91. The summed E-state index contributed by atoms with van der Waals surface area (Å²) in [6.07, 6.45) is 4.59. The fraction of sp³-hybridized carbons (Fsp3) is 1.00. The van der Waals surface area contributed by atoms with Gasteiger partial charge in [-0.05, 0) is 36.5 Å². The van der Waals surface area contributed by atoms with E-state index in [9.17, 15) is 5.11 Å². The van der Waals surface area contributed by atoms with Crippen molar-refractivity contribution >= 4 is 0 Å². The van der Waals surface area contributed by atoms with Gasteiger partial charge in [0.05, 0.1) is 37.6 Å². The first kappa shape index (κ1) is 19.2. The number of rotatable bonds is 5. The highest BCUT2D eigenvalue weighted by atomic mass is 16.6. The van der Waals surface area contributed by atoms with Gasteiger partial charge in [0, 0.05) is 13.0 Å². The number of hydrogen-bond donors (Lipinski definition) is 1. The molecule has 0 amide bonds. The molecule has 0 aromatic heterocycles. The lowest BCUT2D eigenvalue weighted by Gasteiger charge is -2.43. The molecule has 2 saturated heterocycles. The molecule has 4 nitrogen and oxygen atoms in total. The van der Waals surface area contributed by atoms with Crippen LogP contribution in [0.5, 0.6) is 0 Å². The first-order valence-electron chi connectivity index (χ1n) is 9.10. The summed E-state index contributed by atoms with van der Waals surface area (Å²) >= 11 is 0. The van der Waals surface area contributed by atoms with E-state index in [0.717, 1.165) is 32.1 Å². The molecule has 0 aromatic rings. The molecule has 0 bridgehead atoms. The molecule has 2 aliphatic rings. The van der Waals surface area contributed by atoms with Crippen molar-refractivity contribution in [1.29, 1.82) is 0 Å². The minimum Gasteiger partial charge on any atom is -0.390 e. The van der Waals surface area contributed by atoms with Crippen molar-refractivity contribution in [1.82, 2.24) is 0 Å². The molecule has 2 fully saturated rings. The zero-order valence-electron chi connectivity index (χ0n) is 15.7. The van der Waals surface area contributed by atoms with Crippen LogP contribution < -0.4 is 0 Å². The fourth-order valence-corrected chi connectivity index (χ4v) is 4.25. The molecule has 0 radical (unpaired) electrons. The van der Waals surface area contributed by atoms with Crippen molar-refractivity contribution in [2.75, 3.05) is 26.4 Å². The summed E-state index contributed by atoms with van der Waals surface area (Å²) in [5.41, 5.74) is -0.322. The topological polar surface area (TPSA) is 47.9 Å². The van der Waals surface area contributed by atoms with E-state index in [-0.39, 0.29) is 23.0 Å². The lowest BCUT2D eigenvalue weighted by molar-refractivity contribution is -0.134. The summed E-state index contributed by atoms with van der Waals surface area (Å²) < 4.78 is 17.3. The standard InChI is InChI=1S/C19H36O4/c1-17(2,3)14-19(20)6-7-22-15(12-19)10-18(4,5)11-16-13-21-8-9-23-16/h15-16,20H,6-14H2,1-5H3/t15?,16-,19?/m1/s1. The van der Waals surface area contributed by atoms with E-state index in [4.69, 9.17) is 14.2 Å². The van der Waals surface area contributed by atoms with E-state index in [1.165, 1.54) is 0 Å². The van der Waals surface area contributed by atoms with Crippen LogP contribution in [0.1, 0.15) is 66.7 Å². The maximum atomic E-state index is 11.0. The largest absolute Gasteiger partial charge is 0.390 e. The second-order valence-electron chi connectivity index (χ2n) is 9.55. The van der Waals surface area contributed by atoms with Gasteiger partial charge in [0.1, 0.15) is 0 Å².